The SMILES string of the molecule is CC/C=C\C/C=C\C/C=C\C/C=C\CCCCCCCCCCCCCCCCCCCCCCCCCCCCCCC(=O)NC(CO)C(O)/C=C/CC/C=C/CC/C=C/CCCCCCCCCCCCCCCCCCCCCCCCC. The van der Waals surface area contributed by atoms with Gasteiger partial charge in [-0.15, -0.1) is 0 Å². The van der Waals surface area contributed by atoms with Crippen LogP contribution in [0.3, 0.4) is 0 Å². The number of aliphatic hydroxyl groups excluding tert-OH is 2. The third-order valence-electron chi connectivity index (χ3n) is 17.8. The van der Waals surface area contributed by atoms with Crippen LogP contribution in [-0.4, -0.2) is 34.9 Å². The Morgan fingerprint density at radius 1 is 0.291 bits per heavy atom. The molecule has 0 aliphatic carbocycles. The van der Waals surface area contributed by atoms with Gasteiger partial charge >= 0.3 is 0 Å². The molecule has 4 nitrogen and oxygen atoms in total. The lowest BCUT2D eigenvalue weighted by Crippen LogP contribution is -2.45. The lowest BCUT2D eigenvalue weighted by atomic mass is 10.0. The van der Waals surface area contributed by atoms with Gasteiger partial charge in [0.15, 0.2) is 0 Å². The van der Waals surface area contributed by atoms with Crippen LogP contribution in [0, 0.1) is 0 Å². The number of hydrogen-bond acceptors (Lipinski definition) is 3. The van der Waals surface area contributed by atoms with E-state index in [0.717, 1.165) is 64.2 Å². The summed E-state index contributed by atoms with van der Waals surface area (Å²) in [6.45, 7) is 4.22. The molecule has 2 atom stereocenters. The third kappa shape index (κ3) is 72.3. The lowest BCUT2D eigenvalue weighted by Gasteiger charge is -2.19. The van der Waals surface area contributed by atoms with E-state index in [4.69, 9.17) is 0 Å². The summed E-state index contributed by atoms with van der Waals surface area (Å²) in [6, 6.07) is -0.649. The molecule has 4 heteroatoms. The summed E-state index contributed by atoms with van der Waals surface area (Å²) in [7, 11) is 0. The highest BCUT2D eigenvalue weighted by molar-refractivity contribution is 5.76. The molecule has 0 spiro atoms. The number of amides is 1. The third-order valence-corrected chi connectivity index (χ3v) is 17.8. The van der Waals surface area contributed by atoms with Gasteiger partial charge in [0.2, 0.25) is 5.91 Å². The van der Waals surface area contributed by atoms with Gasteiger partial charge < -0.3 is 15.5 Å². The average molecular weight is 1200 g/mol. The molecule has 1 amide bonds. The fraction of sp³-hybridized carbons (Fsp3) is 0.817. The minimum Gasteiger partial charge on any atom is -0.394 e. The number of nitrogens with one attached hydrogen (secondary N) is 1. The second-order valence-electron chi connectivity index (χ2n) is 26.4. The Kier molecular flexibility index (Phi) is 74.6. The summed E-state index contributed by atoms with van der Waals surface area (Å²) in [5.74, 6) is -0.0711. The second-order valence-corrected chi connectivity index (χ2v) is 26.4. The Balaban J connectivity index is 3.44. The van der Waals surface area contributed by atoms with E-state index in [1.54, 1.807) is 6.08 Å². The summed E-state index contributed by atoms with van der Waals surface area (Å²) in [5.41, 5.74) is 0. The number of hydrogen-bond donors (Lipinski definition) is 3. The number of allylic oxidation sites excluding steroid dienone is 13. The van der Waals surface area contributed by atoms with Crippen LogP contribution < -0.4 is 5.32 Å². The van der Waals surface area contributed by atoms with E-state index < -0.39 is 12.1 Å². The predicted octanol–water partition coefficient (Wildman–Crippen LogP) is 26.9. The summed E-state index contributed by atoms with van der Waals surface area (Å²) in [6.07, 6.45) is 113. The number of rotatable bonds is 72. The number of aliphatic hydroxyl groups is 2. The van der Waals surface area contributed by atoms with Crippen LogP contribution in [0.2, 0.25) is 0 Å². The first-order valence-electron chi connectivity index (χ1n) is 38.8. The van der Waals surface area contributed by atoms with Crippen LogP contribution in [0.4, 0.5) is 0 Å². The molecule has 3 N–H and O–H groups in total. The number of carbonyl (C=O) groups excluding carboxylic acids is 1. The van der Waals surface area contributed by atoms with E-state index in [2.05, 4.69) is 92.1 Å². The van der Waals surface area contributed by atoms with E-state index in [-0.39, 0.29) is 12.5 Å². The Morgan fingerprint density at radius 2 is 0.523 bits per heavy atom. The van der Waals surface area contributed by atoms with Crippen molar-refractivity contribution in [1.82, 2.24) is 5.32 Å². The molecule has 0 saturated heterocycles. The molecule has 0 heterocycles. The molecule has 502 valence electrons. The normalized spacial score (nSPS) is 13.1. The lowest BCUT2D eigenvalue weighted by molar-refractivity contribution is -0.123. The van der Waals surface area contributed by atoms with Crippen LogP contribution in [-0.2, 0) is 4.79 Å². The van der Waals surface area contributed by atoms with Gasteiger partial charge in [-0.25, -0.2) is 0 Å². The van der Waals surface area contributed by atoms with Crippen LogP contribution in [0.1, 0.15) is 412 Å². The Bertz CT molecular complexity index is 1500. The molecule has 0 aliphatic heterocycles. The van der Waals surface area contributed by atoms with Crippen LogP contribution in [0.5, 0.6) is 0 Å². The summed E-state index contributed by atoms with van der Waals surface area (Å²) in [5, 5.41) is 23.3. The Morgan fingerprint density at radius 3 is 0.814 bits per heavy atom. The summed E-state index contributed by atoms with van der Waals surface area (Å²) < 4.78 is 0. The Hall–Kier alpha value is -2.43. The molecule has 0 aliphatic rings. The van der Waals surface area contributed by atoms with Crippen LogP contribution in [0.15, 0.2) is 85.1 Å². The second kappa shape index (κ2) is 76.8. The molecule has 0 aromatic carbocycles. The molecule has 0 rings (SSSR count). The predicted molar refractivity (Wildman–Crippen MR) is 387 cm³/mol. The van der Waals surface area contributed by atoms with Gasteiger partial charge in [-0.1, -0.05) is 407 Å². The zero-order valence-corrected chi connectivity index (χ0v) is 58.1. The van der Waals surface area contributed by atoms with Crippen LogP contribution >= 0.6 is 0 Å². The smallest absolute Gasteiger partial charge is 0.220 e. The van der Waals surface area contributed by atoms with E-state index >= 15 is 0 Å². The van der Waals surface area contributed by atoms with Gasteiger partial charge in [-0.05, 0) is 83.5 Å². The molecule has 0 saturated carbocycles. The molecule has 86 heavy (non-hydrogen) atoms. The summed E-state index contributed by atoms with van der Waals surface area (Å²) in [4.78, 5) is 12.6. The minimum atomic E-state index is -0.874. The zero-order valence-electron chi connectivity index (χ0n) is 58.1. The highest BCUT2D eigenvalue weighted by Crippen LogP contribution is 2.19. The zero-order chi connectivity index (χ0) is 61.9. The minimum absolute atomic E-state index is 0.0711. The first-order chi connectivity index (χ1) is 42.7. The maximum absolute atomic E-state index is 12.6. The van der Waals surface area contributed by atoms with Crippen molar-refractivity contribution in [3.05, 3.63) is 85.1 Å². The maximum Gasteiger partial charge on any atom is 0.220 e. The molecule has 0 aromatic rings. The largest absolute Gasteiger partial charge is 0.394 e. The molecule has 0 aromatic heterocycles. The topological polar surface area (TPSA) is 69.6 Å². The van der Waals surface area contributed by atoms with Crippen molar-refractivity contribution in [3.8, 4) is 0 Å². The number of unbranched alkanes of at least 4 members (excludes halogenated alkanes) is 53. The van der Waals surface area contributed by atoms with Gasteiger partial charge in [0.05, 0.1) is 18.8 Å². The van der Waals surface area contributed by atoms with Crippen molar-refractivity contribution in [1.29, 1.82) is 0 Å². The van der Waals surface area contributed by atoms with Gasteiger partial charge in [0.1, 0.15) is 0 Å². The molecular weight excluding hydrogens is 1050 g/mol. The first-order valence-corrected chi connectivity index (χ1v) is 38.8. The van der Waals surface area contributed by atoms with E-state index in [1.165, 1.54) is 327 Å². The highest BCUT2D eigenvalue weighted by atomic mass is 16.3. The van der Waals surface area contributed by atoms with E-state index in [9.17, 15) is 15.0 Å². The quantitative estimate of drug-likeness (QED) is 0.0420. The fourth-order valence-corrected chi connectivity index (χ4v) is 12.0. The van der Waals surface area contributed by atoms with Crippen molar-refractivity contribution in [2.24, 2.45) is 0 Å². The van der Waals surface area contributed by atoms with Crippen molar-refractivity contribution >= 4 is 5.91 Å². The van der Waals surface area contributed by atoms with Crippen molar-refractivity contribution < 1.29 is 15.0 Å². The van der Waals surface area contributed by atoms with Gasteiger partial charge in [-0.2, -0.15) is 0 Å². The Labute approximate surface area is 539 Å². The van der Waals surface area contributed by atoms with Gasteiger partial charge in [0.25, 0.3) is 0 Å². The van der Waals surface area contributed by atoms with E-state index in [0.29, 0.717) is 6.42 Å². The average Bonchev–Trinajstić information content (AvgIpc) is 3.59. The van der Waals surface area contributed by atoms with Crippen molar-refractivity contribution in [3.63, 3.8) is 0 Å². The van der Waals surface area contributed by atoms with Crippen molar-refractivity contribution in [2.45, 2.75) is 424 Å². The standard InChI is InChI=1S/C82H151NO3/c1-3-5-7-9-11-13-15-17-19-21-23-25-27-29-31-33-35-37-38-39-40-41-42-43-44-46-48-50-52-54-56-58-60-62-64-66-68-70-72-74-76-78-82(86)83-80(79-84)81(85)77-75-73-71-69-67-65-63-61-59-57-55-53-51-49-47-45-36-34-32-30-28-26-24-22-20-18-16-14-12-10-8-6-4-2/h5,7,11,13,17,19,23,25,59,61,67,69,75,77,80-81,84-85H,3-4,6,8-10,12,14-16,18,20-22,24,26-58,60,62-66,68,70-74,76,78-79H2,1-2H3,(H,83,86)/b7-5-,13-11-,19-17-,25-23-,61-59+,69-67+,77-75+. The molecule has 2 unspecified atom stereocenters. The maximum atomic E-state index is 12.6. The molecule has 0 fully saturated rings. The van der Waals surface area contributed by atoms with Gasteiger partial charge in [-0.3, -0.25) is 4.79 Å². The van der Waals surface area contributed by atoms with Crippen molar-refractivity contribution in [2.75, 3.05) is 6.61 Å². The van der Waals surface area contributed by atoms with Gasteiger partial charge in [0, 0.05) is 6.42 Å². The molecule has 0 bridgehead atoms. The number of carbonyl (C=O) groups is 1. The van der Waals surface area contributed by atoms with E-state index in [1.807, 2.05) is 6.08 Å². The molecular formula is C82H151NO3. The van der Waals surface area contributed by atoms with Crippen LogP contribution in [0.25, 0.3) is 0 Å². The highest BCUT2D eigenvalue weighted by Gasteiger charge is 2.18. The molecule has 0 radical (unpaired) electrons. The monoisotopic (exact) mass is 1200 g/mol. The fourth-order valence-electron chi connectivity index (χ4n) is 12.0. The summed E-state index contributed by atoms with van der Waals surface area (Å²) >= 11 is 0. The first kappa shape index (κ1) is 83.6.